The minimum Gasteiger partial charge on any atom is -0.457 e. The van der Waals surface area contributed by atoms with Gasteiger partial charge in [0.15, 0.2) is 5.69 Å². The maximum absolute atomic E-state index is 13.1. The summed E-state index contributed by atoms with van der Waals surface area (Å²) in [4.78, 5) is 44.7. The van der Waals surface area contributed by atoms with Crippen LogP contribution >= 0.6 is 11.3 Å². The number of thiophene rings is 1. The molecule has 5 rings (SSSR count). The van der Waals surface area contributed by atoms with E-state index in [-0.39, 0.29) is 35.7 Å². The number of nitrogens with zero attached hydrogens (tertiary/aromatic N) is 2. The van der Waals surface area contributed by atoms with Gasteiger partial charge in [0.25, 0.3) is 5.91 Å². The zero-order valence-corrected chi connectivity index (χ0v) is 21.1. The summed E-state index contributed by atoms with van der Waals surface area (Å²) in [5.41, 5.74) is 0.904. The molecule has 8 nitrogen and oxygen atoms in total. The molecule has 3 amide bonds. The molecule has 0 unspecified atom stereocenters. The molecule has 2 aromatic carbocycles. The lowest BCUT2D eigenvalue weighted by Crippen LogP contribution is -2.50. The van der Waals surface area contributed by atoms with Crippen LogP contribution in [0.4, 0.5) is 5.69 Å². The molecular formula is C28H26N4O4S. The smallest absolute Gasteiger partial charge is 0.251 e. The van der Waals surface area contributed by atoms with Crippen LogP contribution in [-0.2, 0) is 16.1 Å². The molecule has 1 saturated carbocycles. The minimum absolute atomic E-state index is 0.0116. The third-order valence-electron chi connectivity index (χ3n) is 6.93. The van der Waals surface area contributed by atoms with Crippen molar-refractivity contribution in [2.45, 2.75) is 38.4 Å². The number of amides is 3. The number of rotatable bonds is 8. The first kappa shape index (κ1) is 24.5. The van der Waals surface area contributed by atoms with E-state index in [1.54, 1.807) is 40.6 Å². The highest BCUT2D eigenvalue weighted by atomic mass is 32.1. The second-order valence-corrected chi connectivity index (χ2v) is 10.6. The Morgan fingerprint density at radius 1 is 1.08 bits per heavy atom. The highest BCUT2D eigenvalue weighted by molar-refractivity contribution is 7.10. The number of hydrogen-bond acceptors (Lipinski definition) is 5. The first-order valence-electron chi connectivity index (χ1n) is 12.0. The van der Waals surface area contributed by atoms with Crippen LogP contribution in [0.25, 0.3) is 4.85 Å². The normalized spacial score (nSPS) is 21.5. The largest absolute Gasteiger partial charge is 0.457 e. The van der Waals surface area contributed by atoms with Gasteiger partial charge in [-0.1, -0.05) is 25.1 Å². The highest BCUT2D eigenvalue weighted by Crippen LogP contribution is 2.59. The molecule has 37 heavy (non-hydrogen) atoms. The second-order valence-electron chi connectivity index (χ2n) is 9.62. The van der Waals surface area contributed by atoms with Gasteiger partial charge in [-0.15, -0.1) is 0 Å². The van der Waals surface area contributed by atoms with Crippen molar-refractivity contribution in [3.63, 3.8) is 0 Å². The molecule has 0 radical (unpaired) electrons. The Labute approximate surface area is 219 Å². The van der Waals surface area contributed by atoms with E-state index in [0.29, 0.717) is 35.7 Å². The predicted octanol–water partition coefficient (Wildman–Crippen LogP) is 4.52. The Morgan fingerprint density at radius 2 is 1.81 bits per heavy atom. The van der Waals surface area contributed by atoms with Gasteiger partial charge < -0.3 is 20.3 Å². The van der Waals surface area contributed by atoms with Crippen molar-refractivity contribution >= 4 is 34.7 Å². The van der Waals surface area contributed by atoms with Crippen molar-refractivity contribution in [3.05, 3.63) is 87.9 Å². The summed E-state index contributed by atoms with van der Waals surface area (Å²) < 4.78 is 5.75. The summed E-state index contributed by atoms with van der Waals surface area (Å²) in [7, 11) is 0. The van der Waals surface area contributed by atoms with Gasteiger partial charge in [0.1, 0.15) is 17.5 Å². The van der Waals surface area contributed by atoms with Crippen LogP contribution in [0.5, 0.6) is 11.5 Å². The Hall–Kier alpha value is -4.16. The standard InChI is InChI=1S/C28H26N4O4S/c1-28-13-23(27(35)30-15-22-12-19(29-2)17-37-22)32(24(28)14-28)25(33)16-31-26(34)18-8-10-21(11-9-18)36-20-6-4-3-5-7-20/h3-12,17,23-24H,13-16H2,1H3,(H,30,35)(H,31,34)/t23-,24-,28+/m0/s1. The molecule has 2 N–H and O–H groups in total. The molecule has 0 spiro atoms. The van der Waals surface area contributed by atoms with E-state index in [1.807, 2.05) is 30.3 Å². The molecule has 1 aliphatic heterocycles. The topological polar surface area (TPSA) is 92.1 Å². The van der Waals surface area contributed by atoms with E-state index in [9.17, 15) is 14.4 Å². The molecule has 2 aliphatic rings. The summed E-state index contributed by atoms with van der Waals surface area (Å²) in [5.74, 6) is 0.456. The monoisotopic (exact) mass is 514 g/mol. The van der Waals surface area contributed by atoms with Gasteiger partial charge in [-0.05, 0) is 66.1 Å². The number of nitrogens with one attached hydrogen (secondary N) is 2. The Bertz CT molecular complexity index is 1360. The number of likely N-dealkylation sites (tertiary alicyclic amines) is 1. The fraction of sp³-hybridized carbons (Fsp3) is 0.286. The van der Waals surface area contributed by atoms with Crippen LogP contribution < -0.4 is 15.4 Å². The lowest BCUT2D eigenvalue weighted by Gasteiger charge is -2.27. The van der Waals surface area contributed by atoms with Crippen molar-refractivity contribution in [1.29, 1.82) is 0 Å². The highest BCUT2D eigenvalue weighted by Gasteiger charge is 2.64. The van der Waals surface area contributed by atoms with E-state index >= 15 is 0 Å². The van der Waals surface area contributed by atoms with Crippen LogP contribution in [0.15, 0.2) is 66.0 Å². The third-order valence-corrected chi connectivity index (χ3v) is 7.85. The van der Waals surface area contributed by atoms with E-state index in [4.69, 9.17) is 11.3 Å². The SMILES string of the molecule is [C-]#[N+]c1csc(CNC(=O)[C@@H]2C[C@]3(C)C[C@@H]3N2C(=O)CNC(=O)c2ccc(Oc3ccccc3)cc2)c1. The fourth-order valence-electron chi connectivity index (χ4n) is 4.82. The number of piperidine rings is 1. The van der Waals surface area contributed by atoms with Gasteiger partial charge in [-0.2, -0.15) is 11.3 Å². The van der Waals surface area contributed by atoms with Gasteiger partial charge in [0.05, 0.1) is 19.7 Å². The Kier molecular flexibility index (Phi) is 6.68. The molecule has 2 fully saturated rings. The van der Waals surface area contributed by atoms with Crippen LogP contribution in [0, 0.1) is 12.0 Å². The van der Waals surface area contributed by atoms with Crippen molar-refractivity contribution in [3.8, 4) is 11.5 Å². The Balaban J connectivity index is 1.16. The molecule has 1 aliphatic carbocycles. The molecule has 3 aromatic rings. The zero-order chi connectivity index (χ0) is 26.0. The lowest BCUT2D eigenvalue weighted by atomic mass is 10.0. The first-order valence-corrected chi connectivity index (χ1v) is 12.9. The van der Waals surface area contributed by atoms with E-state index in [2.05, 4.69) is 22.4 Å². The number of carbonyl (C=O) groups is 3. The second kappa shape index (κ2) is 10.1. The number of hydrogen-bond donors (Lipinski definition) is 2. The van der Waals surface area contributed by atoms with Crippen molar-refractivity contribution in [2.75, 3.05) is 6.54 Å². The predicted molar refractivity (Wildman–Crippen MR) is 139 cm³/mol. The third kappa shape index (κ3) is 5.34. The van der Waals surface area contributed by atoms with E-state index in [0.717, 1.165) is 11.3 Å². The van der Waals surface area contributed by atoms with Gasteiger partial charge in [0, 0.05) is 16.5 Å². The molecule has 9 heteroatoms. The maximum Gasteiger partial charge on any atom is 0.251 e. The number of para-hydroxylation sites is 1. The Morgan fingerprint density at radius 3 is 2.51 bits per heavy atom. The maximum atomic E-state index is 13.1. The number of ether oxygens (including phenoxy) is 1. The number of carbonyl (C=O) groups excluding carboxylic acids is 3. The van der Waals surface area contributed by atoms with E-state index < -0.39 is 6.04 Å². The molecule has 0 bridgehead atoms. The molecular weight excluding hydrogens is 488 g/mol. The van der Waals surface area contributed by atoms with E-state index in [1.165, 1.54) is 11.3 Å². The van der Waals surface area contributed by atoms with Crippen molar-refractivity contribution in [1.82, 2.24) is 15.5 Å². The van der Waals surface area contributed by atoms with Gasteiger partial charge in [-0.25, -0.2) is 4.85 Å². The van der Waals surface area contributed by atoms with Gasteiger partial charge >= 0.3 is 0 Å². The summed E-state index contributed by atoms with van der Waals surface area (Å²) in [6.07, 6.45) is 1.46. The summed E-state index contributed by atoms with van der Waals surface area (Å²) in [6, 6.07) is 17.2. The van der Waals surface area contributed by atoms with Gasteiger partial charge in [-0.3, -0.25) is 14.4 Å². The van der Waals surface area contributed by atoms with Crippen molar-refractivity contribution in [2.24, 2.45) is 5.41 Å². The quantitative estimate of drug-likeness (QED) is 0.433. The van der Waals surface area contributed by atoms with Gasteiger partial charge in [0.2, 0.25) is 11.8 Å². The first-order chi connectivity index (χ1) is 17.9. The minimum atomic E-state index is -0.567. The molecule has 3 atom stereocenters. The zero-order valence-electron chi connectivity index (χ0n) is 20.3. The molecule has 188 valence electrons. The fourth-order valence-corrected chi connectivity index (χ4v) is 5.56. The molecule has 1 aromatic heterocycles. The van der Waals surface area contributed by atoms with Crippen molar-refractivity contribution < 1.29 is 19.1 Å². The average Bonchev–Trinajstić information content (AvgIpc) is 3.23. The van der Waals surface area contributed by atoms with Crippen LogP contribution in [0.1, 0.15) is 35.0 Å². The van der Waals surface area contributed by atoms with Crippen LogP contribution in [0.3, 0.4) is 0 Å². The summed E-state index contributed by atoms with van der Waals surface area (Å²) in [5, 5.41) is 7.36. The molecule has 1 saturated heterocycles. The number of benzene rings is 2. The average molecular weight is 515 g/mol. The lowest BCUT2D eigenvalue weighted by molar-refractivity contribution is -0.139. The van der Waals surface area contributed by atoms with Crippen LogP contribution in [0.2, 0.25) is 0 Å². The summed E-state index contributed by atoms with van der Waals surface area (Å²) in [6.45, 7) is 9.29. The van der Waals surface area contributed by atoms with Crippen LogP contribution in [-0.4, -0.2) is 41.2 Å². The molecule has 2 heterocycles. The summed E-state index contributed by atoms with van der Waals surface area (Å²) >= 11 is 1.42. The number of fused-ring (bicyclic) bond motifs is 1.